The van der Waals surface area contributed by atoms with Crippen LogP contribution in [0.1, 0.15) is 6.92 Å². The van der Waals surface area contributed by atoms with E-state index in [1.807, 2.05) is 6.92 Å². The van der Waals surface area contributed by atoms with Gasteiger partial charge in [-0.25, -0.2) is 0 Å². The van der Waals surface area contributed by atoms with Gasteiger partial charge in [-0.2, -0.15) is 0 Å². The quantitative estimate of drug-likeness (QED) is 0.637. The number of hydrogen-bond acceptors (Lipinski definition) is 4. The second-order valence-corrected chi connectivity index (χ2v) is 4.28. The predicted molar refractivity (Wildman–Crippen MR) is 59.8 cm³/mol. The van der Waals surface area contributed by atoms with Gasteiger partial charge in [0.25, 0.3) is 11.8 Å². The molecule has 1 fully saturated rings. The van der Waals surface area contributed by atoms with Crippen molar-refractivity contribution in [3.8, 4) is 0 Å². The van der Waals surface area contributed by atoms with Crippen molar-refractivity contribution in [2.75, 3.05) is 32.7 Å². The van der Waals surface area contributed by atoms with Gasteiger partial charge >= 0.3 is 0 Å². The van der Waals surface area contributed by atoms with Crippen molar-refractivity contribution < 1.29 is 9.59 Å². The van der Waals surface area contributed by atoms with Crippen LogP contribution >= 0.6 is 0 Å². The van der Waals surface area contributed by atoms with Crippen molar-refractivity contribution in [1.29, 1.82) is 0 Å². The number of hydrogen-bond donors (Lipinski definition) is 1. The molecule has 5 heteroatoms. The third kappa shape index (κ3) is 2.31. The van der Waals surface area contributed by atoms with E-state index >= 15 is 0 Å². The summed E-state index contributed by atoms with van der Waals surface area (Å²) in [6.45, 7) is 6.60. The van der Waals surface area contributed by atoms with Crippen LogP contribution in [0.15, 0.2) is 12.2 Å². The van der Waals surface area contributed by atoms with E-state index in [9.17, 15) is 9.59 Å². The molecule has 0 spiro atoms. The molecule has 0 aromatic rings. The average molecular weight is 223 g/mol. The molecular weight excluding hydrogens is 206 g/mol. The van der Waals surface area contributed by atoms with Crippen molar-refractivity contribution in [2.24, 2.45) is 0 Å². The molecule has 0 saturated carbocycles. The van der Waals surface area contributed by atoms with Crippen LogP contribution in [0.4, 0.5) is 0 Å². The Labute approximate surface area is 95.1 Å². The Morgan fingerprint density at radius 3 is 2.38 bits per heavy atom. The SMILES string of the molecule is CC(CN1CCNCC1)N1C(=O)C=CC1=O. The summed E-state index contributed by atoms with van der Waals surface area (Å²) in [5.41, 5.74) is 0. The molecule has 0 aromatic carbocycles. The minimum Gasteiger partial charge on any atom is -0.314 e. The zero-order valence-electron chi connectivity index (χ0n) is 9.48. The molecule has 2 aliphatic rings. The molecule has 2 amide bonds. The molecule has 0 aliphatic carbocycles. The smallest absolute Gasteiger partial charge is 0.253 e. The largest absolute Gasteiger partial charge is 0.314 e. The van der Waals surface area contributed by atoms with E-state index in [1.54, 1.807) is 0 Å². The molecule has 16 heavy (non-hydrogen) atoms. The van der Waals surface area contributed by atoms with Gasteiger partial charge in [0.05, 0.1) is 6.04 Å². The summed E-state index contributed by atoms with van der Waals surface area (Å²) < 4.78 is 0. The maximum Gasteiger partial charge on any atom is 0.253 e. The fourth-order valence-electron chi connectivity index (χ4n) is 2.20. The van der Waals surface area contributed by atoms with Crippen molar-refractivity contribution in [1.82, 2.24) is 15.1 Å². The van der Waals surface area contributed by atoms with Crippen LogP contribution in [0.5, 0.6) is 0 Å². The Hall–Kier alpha value is -1.20. The van der Waals surface area contributed by atoms with Crippen LogP contribution in [0, 0.1) is 0 Å². The normalized spacial score (nSPS) is 24.2. The van der Waals surface area contributed by atoms with E-state index in [0.717, 1.165) is 32.7 Å². The Balaban J connectivity index is 1.89. The highest BCUT2D eigenvalue weighted by Crippen LogP contribution is 2.10. The van der Waals surface area contributed by atoms with Crippen molar-refractivity contribution in [3.05, 3.63) is 12.2 Å². The van der Waals surface area contributed by atoms with E-state index in [0.29, 0.717) is 0 Å². The first-order chi connectivity index (χ1) is 7.68. The van der Waals surface area contributed by atoms with Crippen LogP contribution < -0.4 is 5.32 Å². The highest BCUT2D eigenvalue weighted by atomic mass is 16.2. The van der Waals surface area contributed by atoms with Gasteiger partial charge in [0.2, 0.25) is 0 Å². The molecule has 2 aliphatic heterocycles. The third-order valence-corrected chi connectivity index (χ3v) is 3.02. The Bertz CT molecular complexity index is 303. The van der Waals surface area contributed by atoms with E-state index in [4.69, 9.17) is 0 Å². The van der Waals surface area contributed by atoms with Gasteiger partial charge in [0.15, 0.2) is 0 Å². The lowest BCUT2D eigenvalue weighted by atomic mass is 10.2. The first-order valence-corrected chi connectivity index (χ1v) is 5.67. The van der Waals surface area contributed by atoms with Crippen LogP contribution in [0.3, 0.4) is 0 Å². The summed E-state index contributed by atoms with van der Waals surface area (Å²) in [6, 6.07) is -0.0481. The average Bonchev–Trinajstić information content (AvgIpc) is 2.60. The van der Waals surface area contributed by atoms with Gasteiger partial charge < -0.3 is 5.32 Å². The number of carbonyl (C=O) groups excluding carboxylic acids is 2. The Kier molecular flexibility index (Phi) is 3.36. The summed E-state index contributed by atoms with van der Waals surface area (Å²) in [7, 11) is 0. The maximum atomic E-state index is 11.5. The van der Waals surface area contributed by atoms with E-state index in [1.165, 1.54) is 17.1 Å². The monoisotopic (exact) mass is 223 g/mol. The first kappa shape index (κ1) is 11.3. The summed E-state index contributed by atoms with van der Waals surface area (Å²) in [5.74, 6) is -0.375. The second-order valence-electron chi connectivity index (χ2n) is 4.28. The molecule has 2 heterocycles. The van der Waals surface area contributed by atoms with Gasteiger partial charge in [-0.05, 0) is 6.92 Å². The molecule has 1 unspecified atom stereocenters. The fourth-order valence-corrected chi connectivity index (χ4v) is 2.20. The lowest BCUT2D eigenvalue weighted by Gasteiger charge is -2.32. The molecule has 1 atom stereocenters. The topological polar surface area (TPSA) is 52.6 Å². The fraction of sp³-hybridized carbons (Fsp3) is 0.636. The van der Waals surface area contributed by atoms with Crippen LogP contribution in [0.2, 0.25) is 0 Å². The van der Waals surface area contributed by atoms with E-state index in [2.05, 4.69) is 10.2 Å². The number of nitrogens with zero attached hydrogens (tertiary/aromatic N) is 2. The van der Waals surface area contributed by atoms with Crippen LogP contribution in [-0.4, -0.2) is 60.4 Å². The van der Waals surface area contributed by atoms with Gasteiger partial charge in [0.1, 0.15) is 0 Å². The number of rotatable bonds is 3. The molecular formula is C11H17N3O2. The molecule has 88 valence electrons. The van der Waals surface area contributed by atoms with Crippen LogP contribution in [0.25, 0.3) is 0 Å². The lowest BCUT2D eigenvalue weighted by Crippen LogP contribution is -2.50. The first-order valence-electron chi connectivity index (χ1n) is 5.67. The number of piperazine rings is 1. The minimum absolute atomic E-state index is 0.0481. The summed E-state index contributed by atoms with van der Waals surface area (Å²) in [4.78, 5) is 26.5. The Morgan fingerprint density at radius 1 is 1.25 bits per heavy atom. The molecule has 1 saturated heterocycles. The summed E-state index contributed by atoms with van der Waals surface area (Å²) in [6.07, 6.45) is 2.69. The van der Waals surface area contributed by atoms with E-state index in [-0.39, 0.29) is 17.9 Å². The van der Waals surface area contributed by atoms with Crippen molar-refractivity contribution in [2.45, 2.75) is 13.0 Å². The molecule has 5 nitrogen and oxygen atoms in total. The standard InChI is InChI=1S/C11H17N3O2/c1-9(8-13-6-4-12-5-7-13)14-10(15)2-3-11(14)16/h2-3,9,12H,4-8H2,1H3. The van der Waals surface area contributed by atoms with Crippen molar-refractivity contribution in [3.63, 3.8) is 0 Å². The number of amides is 2. The van der Waals surface area contributed by atoms with Gasteiger partial charge in [0, 0.05) is 44.9 Å². The third-order valence-electron chi connectivity index (χ3n) is 3.02. The zero-order chi connectivity index (χ0) is 11.5. The maximum absolute atomic E-state index is 11.5. The van der Waals surface area contributed by atoms with E-state index < -0.39 is 0 Å². The molecule has 0 aromatic heterocycles. The van der Waals surface area contributed by atoms with Crippen molar-refractivity contribution >= 4 is 11.8 Å². The van der Waals surface area contributed by atoms with Crippen LogP contribution in [-0.2, 0) is 9.59 Å². The Morgan fingerprint density at radius 2 is 1.81 bits per heavy atom. The molecule has 0 radical (unpaired) electrons. The summed E-state index contributed by atoms with van der Waals surface area (Å²) in [5, 5.41) is 3.27. The number of imide groups is 1. The van der Waals surface area contributed by atoms with Gasteiger partial charge in [-0.1, -0.05) is 0 Å². The second kappa shape index (κ2) is 4.76. The zero-order valence-corrected chi connectivity index (χ0v) is 9.48. The summed E-state index contributed by atoms with van der Waals surface area (Å²) >= 11 is 0. The molecule has 2 rings (SSSR count). The van der Waals surface area contributed by atoms with Gasteiger partial charge in [-0.3, -0.25) is 19.4 Å². The lowest BCUT2D eigenvalue weighted by molar-refractivity contribution is -0.139. The molecule has 1 N–H and O–H groups in total. The highest BCUT2D eigenvalue weighted by molar-refractivity contribution is 6.13. The predicted octanol–water partition coefficient (Wildman–Crippen LogP) is -0.795. The highest BCUT2D eigenvalue weighted by Gasteiger charge is 2.29. The minimum atomic E-state index is -0.187. The number of carbonyl (C=O) groups is 2. The number of nitrogens with one attached hydrogen (secondary N) is 1. The van der Waals surface area contributed by atoms with Gasteiger partial charge in [-0.15, -0.1) is 0 Å². The molecule has 0 bridgehead atoms.